The SMILES string of the molecule is Cc1nnc([C@@H]2COCCN2C(=O)c2cncc(OC(C)C)c2)o1. The summed E-state index contributed by atoms with van der Waals surface area (Å²) in [6.07, 6.45) is 3.13. The average Bonchev–Trinajstić information content (AvgIpc) is 3.00. The highest BCUT2D eigenvalue weighted by Gasteiger charge is 2.33. The number of ether oxygens (including phenoxy) is 2. The van der Waals surface area contributed by atoms with Crippen LogP contribution in [0.5, 0.6) is 5.75 Å². The average molecular weight is 332 g/mol. The number of hydrogen-bond donors (Lipinski definition) is 0. The maximum atomic E-state index is 12.9. The van der Waals surface area contributed by atoms with Gasteiger partial charge in [0.1, 0.15) is 11.8 Å². The second-order valence-corrected chi connectivity index (χ2v) is 5.82. The molecule has 0 radical (unpaired) electrons. The molecule has 0 spiro atoms. The van der Waals surface area contributed by atoms with Crippen LogP contribution in [0, 0.1) is 6.92 Å². The zero-order valence-corrected chi connectivity index (χ0v) is 13.9. The third kappa shape index (κ3) is 3.53. The fourth-order valence-corrected chi connectivity index (χ4v) is 2.54. The van der Waals surface area contributed by atoms with Crippen LogP contribution < -0.4 is 4.74 Å². The summed E-state index contributed by atoms with van der Waals surface area (Å²) < 4.78 is 16.6. The lowest BCUT2D eigenvalue weighted by Gasteiger charge is -2.33. The molecule has 1 fully saturated rings. The quantitative estimate of drug-likeness (QED) is 0.842. The summed E-state index contributed by atoms with van der Waals surface area (Å²) in [5.74, 6) is 1.23. The summed E-state index contributed by atoms with van der Waals surface area (Å²) in [5, 5.41) is 7.85. The number of rotatable bonds is 4. The first kappa shape index (κ1) is 16.4. The monoisotopic (exact) mass is 332 g/mol. The summed E-state index contributed by atoms with van der Waals surface area (Å²) in [4.78, 5) is 18.7. The Balaban J connectivity index is 1.84. The van der Waals surface area contributed by atoms with E-state index in [9.17, 15) is 4.79 Å². The number of pyridine rings is 1. The van der Waals surface area contributed by atoms with Gasteiger partial charge in [0.25, 0.3) is 5.91 Å². The maximum Gasteiger partial charge on any atom is 0.256 e. The van der Waals surface area contributed by atoms with E-state index in [1.54, 1.807) is 24.1 Å². The van der Waals surface area contributed by atoms with Crippen molar-refractivity contribution in [2.24, 2.45) is 0 Å². The van der Waals surface area contributed by atoms with Crippen molar-refractivity contribution >= 4 is 5.91 Å². The van der Waals surface area contributed by atoms with Crippen LogP contribution in [-0.4, -0.2) is 51.9 Å². The van der Waals surface area contributed by atoms with Gasteiger partial charge in [-0.3, -0.25) is 9.78 Å². The molecule has 128 valence electrons. The smallest absolute Gasteiger partial charge is 0.256 e. The number of carbonyl (C=O) groups is 1. The Bertz CT molecular complexity index is 716. The van der Waals surface area contributed by atoms with Gasteiger partial charge in [0.05, 0.1) is 31.1 Å². The Morgan fingerprint density at radius 2 is 2.21 bits per heavy atom. The highest BCUT2D eigenvalue weighted by Crippen LogP contribution is 2.26. The molecule has 0 unspecified atom stereocenters. The first-order valence-electron chi connectivity index (χ1n) is 7.85. The first-order chi connectivity index (χ1) is 11.5. The molecular weight excluding hydrogens is 312 g/mol. The van der Waals surface area contributed by atoms with Crippen LogP contribution in [0.1, 0.15) is 42.0 Å². The third-order valence-electron chi connectivity index (χ3n) is 3.55. The van der Waals surface area contributed by atoms with E-state index in [1.165, 1.54) is 6.20 Å². The van der Waals surface area contributed by atoms with E-state index in [0.717, 1.165) is 0 Å². The van der Waals surface area contributed by atoms with Crippen LogP contribution in [0.2, 0.25) is 0 Å². The van der Waals surface area contributed by atoms with Crippen molar-refractivity contribution in [3.63, 3.8) is 0 Å². The van der Waals surface area contributed by atoms with E-state index in [4.69, 9.17) is 13.9 Å². The van der Waals surface area contributed by atoms with Gasteiger partial charge in [-0.1, -0.05) is 0 Å². The molecule has 8 nitrogen and oxygen atoms in total. The molecular formula is C16H20N4O4. The number of carbonyl (C=O) groups excluding carboxylic acids is 1. The van der Waals surface area contributed by atoms with E-state index in [1.807, 2.05) is 13.8 Å². The minimum Gasteiger partial charge on any atom is -0.489 e. The van der Waals surface area contributed by atoms with Crippen molar-refractivity contribution < 1.29 is 18.7 Å². The summed E-state index contributed by atoms with van der Waals surface area (Å²) in [5.41, 5.74) is 0.455. The van der Waals surface area contributed by atoms with E-state index in [-0.39, 0.29) is 12.0 Å². The third-order valence-corrected chi connectivity index (χ3v) is 3.55. The predicted octanol–water partition coefficient (Wildman–Crippen LogP) is 1.77. The molecule has 3 rings (SSSR count). The number of morpholine rings is 1. The van der Waals surface area contributed by atoms with Gasteiger partial charge in [-0.25, -0.2) is 0 Å². The van der Waals surface area contributed by atoms with Crippen molar-refractivity contribution in [3.05, 3.63) is 35.8 Å². The maximum absolute atomic E-state index is 12.9. The molecule has 3 heterocycles. The second kappa shape index (κ2) is 6.96. The molecule has 0 aliphatic carbocycles. The number of nitrogens with zero attached hydrogens (tertiary/aromatic N) is 4. The molecule has 1 aliphatic heterocycles. The van der Waals surface area contributed by atoms with Crippen LogP contribution in [-0.2, 0) is 4.74 Å². The standard InChI is InChI=1S/C16H20N4O4/c1-10(2)23-13-6-12(7-17-8-13)16(21)20-4-5-22-9-14(20)15-19-18-11(3)24-15/h6-8,10,14H,4-5,9H2,1-3H3/t14-/m0/s1. The highest BCUT2D eigenvalue weighted by molar-refractivity contribution is 5.94. The van der Waals surface area contributed by atoms with Crippen molar-refractivity contribution in [3.8, 4) is 5.75 Å². The van der Waals surface area contributed by atoms with Crippen LogP contribution >= 0.6 is 0 Å². The zero-order chi connectivity index (χ0) is 17.1. The lowest BCUT2D eigenvalue weighted by atomic mass is 10.1. The summed E-state index contributed by atoms with van der Waals surface area (Å²) in [7, 11) is 0. The fraction of sp³-hybridized carbons (Fsp3) is 0.500. The molecule has 1 atom stereocenters. The molecule has 2 aromatic heterocycles. The van der Waals surface area contributed by atoms with Gasteiger partial charge in [0.2, 0.25) is 11.8 Å². The van der Waals surface area contributed by atoms with Crippen molar-refractivity contribution in [1.29, 1.82) is 0 Å². The zero-order valence-electron chi connectivity index (χ0n) is 13.9. The minimum atomic E-state index is -0.401. The Labute approximate surface area is 139 Å². The topological polar surface area (TPSA) is 90.6 Å². The Kier molecular flexibility index (Phi) is 4.75. The lowest BCUT2D eigenvalue weighted by molar-refractivity contribution is -0.0106. The molecule has 0 bridgehead atoms. The van der Waals surface area contributed by atoms with E-state index in [0.29, 0.717) is 42.9 Å². The molecule has 0 N–H and O–H groups in total. The van der Waals surface area contributed by atoms with Crippen LogP contribution in [0.15, 0.2) is 22.9 Å². The molecule has 0 saturated carbocycles. The molecule has 24 heavy (non-hydrogen) atoms. The van der Waals surface area contributed by atoms with Gasteiger partial charge in [-0.15, -0.1) is 10.2 Å². The van der Waals surface area contributed by atoms with Crippen LogP contribution in [0.4, 0.5) is 0 Å². The second-order valence-electron chi connectivity index (χ2n) is 5.82. The number of aromatic nitrogens is 3. The number of amides is 1. The molecule has 1 amide bonds. The van der Waals surface area contributed by atoms with Gasteiger partial charge in [0, 0.05) is 19.7 Å². The van der Waals surface area contributed by atoms with E-state index < -0.39 is 6.04 Å². The van der Waals surface area contributed by atoms with E-state index in [2.05, 4.69) is 15.2 Å². The van der Waals surface area contributed by atoms with Gasteiger partial charge in [0.15, 0.2) is 0 Å². The summed E-state index contributed by atoms with van der Waals surface area (Å²) in [6, 6.07) is 1.29. The van der Waals surface area contributed by atoms with Gasteiger partial charge in [-0.05, 0) is 19.9 Å². The number of hydrogen-bond acceptors (Lipinski definition) is 7. The minimum absolute atomic E-state index is 0.00894. The fourth-order valence-electron chi connectivity index (χ4n) is 2.54. The number of aryl methyl sites for hydroxylation is 1. The lowest BCUT2D eigenvalue weighted by Crippen LogP contribution is -2.43. The molecule has 1 aliphatic rings. The Morgan fingerprint density at radius 3 is 2.92 bits per heavy atom. The normalized spacial score (nSPS) is 18.0. The van der Waals surface area contributed by atoms with E-state index >= 15 is 0 Å². The van der Waals surface area contributed by atoms with Gasteiger partial charge < -0.3 is 18.8 Å². The molecule has 8 heteroatoms. The predicted molar refractivity (Wildman–Crippen MR) is 83.6 cm³/mol. The molecule has 0 aromatic carbocycles. The van der Waals surface area contributed by atoms with Crippen LogP contribution in [0.3, 0.4) is 0 Å². The summed E-state index contributed by atoms with van der Waals surface area (Å²) >= 11 is 0. The molecule has 2 aromatic rings. The van der Waals surface area contributed by atoms with Gasteiger partial charge in [-0.2, -0.15) is 0 Å². The van der Waals surface area contributed by atoms with Crippen LogP contribution in [0.25, 0.3) is 0 Å². The van der Waals surface area contributed by atoms with Crippen molar-refractivity contribution in [1.82, 2.24) is 20.1 Å². The Hall–Kier alpha value is -2.48. The van der Waals surface area contributed by atoms with Crippen molar-refractivity contribution in [2.75, 3.05) is 19.8 Å². The van der Waals surface area contributed by atoms with Crippen molar-refractivity contribution in [2.45, 2.75) is 32.9 Å². The highest BCUT2D eigenvalue weighted by atomic mass is 16.5. The van der Waals surface area contributed by atoms with Gasteiger partial charge >= 0.3 is 0 Å². The largest absolute Gasteiger partial charge is 0.489 e. The summed E-state index contributed by atoms with van der Waals surface area (Å²) in [6.45, 7) is 6.78. The molecule has 1 saturated heterocycles. The first-order valence-corrected chi connectivity index (χ1v) is 7.85. The Morgan fingerprint density at radius 1 is 1.38 bits per heavy atom.